The molecule has 0 bridgehead atoms. The van der Waals surface area contributed by atoms with E-state index in [4.69, 9.17) is 5.73 Å². The zero-order chi connectivity index (χ0) is 17.2. The highest BCUT2D eigenvalue weighted by atomic mass is 32.1. The zero-order valence-corrected chi connectivity index (χ0v) is 14.7. The molecule has 1 aromatic carbocycles. The minimum atomic E-state index is -0.0274. The maximum Gasteiger partial charge on any atom is 0.274 e. The molecule has 0 radical (unpaired) electrons. The summed E-state index contributed by atoms with van der Waals surface area (Å²) in [5, 5.41) is 6.67. The van der Waals surface area contributed by atoms with E-state index in [-0.39, 0.29) is 11.9 Å². The van der Waals surface area contributed by atoms with Crippen molar-refractivity contribution in [2.45, 2.75) is 18.9 Å². The van der Waals surface area contributed by atoms with Crippen LogP contribution in [-0.4, -0.2) is 39.7 Å². The number of hydrogen-bond donors (Lipinski definition) is 1. The van der Waals surface area contributed by atoms with Crippen molar-refractivity contribution in [2.75, 3.05) is 13.1 Å². The van der Waals surface area contributed by atoms with Gasteiger partial charge in [0.25, 0.3) is 5.91 Å². The number of carbonyl (C=O) groups is 1. The summed E-state index contributed by atoms with van der Waals surface area (Å²) in [6.07, 6.45) is 1.98. The van der Waals surface area contributed by atoms with Gasteiger partial charge in [-0.05, 0) is 42.5 Å². The normalized spacial score (nSPS) is 17.2. The molecule has 2 aromatic heterocycles. The van der Waals surface area contributed by atoms with E-state index in [0.717, 1.165) is 35.6 Å². The summed E-state index contributed by atoms with van der Waals surface area (Å²) < 4.78 is 1.85. The second-order valence-electron chi connectivity index (χ2n) is 6.17. The molecule has 0 saturated carbocycles. The Labute approximate surface area is 150 Å². The predicted octanol–water partition coefficient (Wildman–Crippen LogP) is 3.16. The first-order valence-corrected chi connectivity index (χ1v) is 9.36. The van der Waals surface area contributed by atoms with Crippen molar-refractivity contribution in [2.24, 2.45) is 5.73 Å². The topological polar surface area (TPSA) is 64.2 Å². The lowest BCUT2D eigenvalue weighted by Gasteiger charge is -2.22. The lowest BCUT2D eigenvalue weighted by Crippen LogP contribution is -2.40. The number of nitrogens with two attached hydrogens (primary N) is 1. The lowest BCUT2D eigenvalue weighted by molar-refractivity contribution is 0.0734. The summed E-state index contributed by atoms with van der Waals surface area (Å²) in [6.45, 7) is 1.26. The molecule has 1 atom stereocenters. The third kappa shape index (κ3) is 2.99. The van der Waals surface area contributed by atoms with Crippen LogP contribution < -0.4 is 5.73 Å². The largest absolute Gasteiger partial charge is 0.333 e. The van der Waals surface area contributed by atoms with Gasteiger partial charge in [0.05, 0.1) is 16.3 Å². The molecule has 2 N–H and O–H groups in total. The Morgan fingerprint density at radius 1 is 1.24 bits per heavy atom. The van der Waals surface area contributed by atoms with Gasteiger partial charge in [0.2, 0.25) is 0 Å². The van der Waals surface area contributed by atoms with E-state index in [2.05, 4.69) is 5.10 Å². The number of amides is 1. The number of hydrogen-bond acceptors (Lipinski definition) is 4. The van der Waals surface area contributed by atoms with E-state index in [9.17, 15) is 4.79 Å². The van der Waals surface area contributed by atoms with E-state index >= 15 is 0 Å². The van der Waals surface area contributed by atoms with E-state index in [1.54, 1.807) is 11.3 Å². The first-order chi connectivity index (χ1) is 12.3. The number of aromatic nitrogens is 2. The molecule has 0 aliphatic carbocycles. The highest BCUT2D eigenvalue weighted by molar-refractivity contribution is 7.13. The van der Waals surface area contributed by atoms with Crippen LogP contribution in [0.25, 0.3) is 16.3 Å². The van der Waals surface area contributed by atoms with Gasteiger partial charge in [0, 0.05) is 19.1 Å². The predicted molar refractivity (Wildman–Crippen MR) is 100.0 cm³/mol. The van der Waals surface area contributed by atoms with Crippen LogP contribution >= 0.6 is 11.3 Å². The number of rotatable bonds is 4. The van der Waals surface area contributed by atoms with Gasteiger partial charge in [-0.1, -0.05) is 24.3 Å². The Hall–Kier alpha value is -2.44. The molecule has 6 heteroatoms. The molecule has 1 unspecified atom stereocenters. The summed E-state index contributed by atoms with van der Waals surface area (Å²) in [5.74, 6) is -0.0274. The van der Waals surface area contributed by atoms with Crippen LogP contribution in [0.4, 0.5) is 0 Å². The van der Waals surface area contributed by atoms with Crippen LogP contribution in [0.15, 0.2) is 53.9 Å². The van der Waals surface area contributed by atoms with Crippen LogP contribution in [0.2, 0.25) is 0 Å². The molecule has 1 amide bonds. The molecule has 3 heterocycles. The average molecular weight is 352 g/mol. The van der Waals surface area contributed by atoms with Gasteiger partial charge in [-0.25, -0.2) is 4.68 Å². The Morgan fingerprint density at radius 2 is 2.08 bits per heavy atom. The molecule has 25 heavy (non-hydrogen) atoms. The number of para-hydroxylation sites is 1. The summed E-state index contributed by atoms with van der Waals surface area (Å²) in [7, 11) is 0. The van der Waals surface area contributed by atoms with Crippen molar-refractivity contribution in [1.82, 2.24) is 14.7 Å². The van der Waals surface area contributed by atoms with Gasteiger partial charge in [-0.15, -0.1) is 11.3 Å². The minimum absolute atomic E-state index is 0.0274. The second kappa shape index (κ2) is 6.82. The highest BCUT2D eigenvalue weighted by Gasteiger charge is 2.30. The van der Waals surface area contributed by atoms with Crippen LogP contribution in [0.1, 0.15) is 23.3 Å². The van der Waals surface area contributed by atoms with Gasteiger partial charge in [-0.2, -0.15) is 5.10 Å². The van der Waals surface area contributed by atoms with E-state index in [0.29, 0.717) is 12.2 Å². The van der Waals surface area contributed by atoms with Crippen molar-refractivity contribution in [3.05, 3.63) is 59.6 Å². The molecule has 3 aromatic rings. The summed E-state index contributed by atoms with van der Waals surface area (Å²) >= 11 is 1.64. The Morgan fingerprint density at radius 3 is 2.80 bits per heavy atom. The molecule has 128 valence electrons. The molecule has 1 aliphatic rings. The third-order valence-corrected chi connectivity index (χ3v) is 5.51. The van der Waals surface area contributed by atoms with Gasteiger partial charge in [-0.3, -0.25) is 4.79 Å². The quantitative estimate of drug-likeness (QED) is 0.784. The fourth-order valence-electron chi connectivity index (χ4n) is 3.35. The molecular formula is C19H20N4OS. The molecule has 1 fully saturated rings. The van der Waals surface area contributed by atoms with Gasteiger partial charge >= 0.3 is 0 Å². The van der Waals surface area contributed by atoms with Crippen LogP contribution in [0.5, 0.6) is 0 Å². The van der Waals surface area contributed by atoms with Crippen LogP contribution in [0.3, 0.4) is 0 Å². The van der Waals surface area contributed by atoms with Crippen molar-refractivity contribution in [3.63, 3.8) is 0 Å². The summed E-state index contributed by atoms with van der Waals surface area (Å²) in [5.41, 5.74) is 8.19. The van der Waals surface area contributed by atoms with Gasteiger partial charge in [0.1, 0.15) is 0 Å². The minimum Gasteiger partial charge on any atom is -0.333 e. The molecule has 4 rings (SSSR count). The smallest absolute Gasteiger partial charge is 0.274 e. The molecule has 5 nitrogen and oxygen atoms in total. The second-order valence-corrected chi connectivity index (χ2v) is 7.12. The monoisotopic (exact) mass is 352 g/mol. The zero-order valence-electron chi connectivity index (χ0n) is 13.8. The number of benzene rings is 1. The fraction of sp³-hybridized carbons (Fsp3) is 0.263. The number of nitrogens with zero attached hydrogens (tertiary/aromatic N) is 3. The first-order valence-electron chi connectivity index (χ1n) is 8.48. The lowest BCUT2D eigenvalue weighted by atomic mass is 10.2. The third-order valence-electron chi connectivity index (χ3n) is 4.61. The molecule has 0 spiro atoms. The number of carbonyl (C=O) groups excluding carboxylic acids is 1. The fourth-order valence-corrected chi connectivity index (χ4v) is 4.07. The van der Waals surface area contributed by atoms with E-state index < -0.39 is 0 Å². The maximum absolute atomic E-state index is 13.0. The molecular weight excluding hydrogens is 332 g/mol. The highest BCUT2D eigenvalue weighted by Crippen LogP contribution is 2.29. The van der Waals surface area contributed by atoms with Crippen molar-refractivity contribution >= 4 is 17.2 Å². The van der Waals surface area contributed by atoms with Crippen LogP contribution in [0, 0.1) is 0 Å². The number of likely N-dealkylation sites (tertiary alicyclic amines) is 1. The summed E-state index contributed by atoms with van der Waals surface area (Å²) in [4.78, 5) is 15.9. The standard InChI is InChI=1S/C19H20N4OS/c20-13-15-8-4-10-22(15)19(24)16-12-17(18-9-5-11-25-18)23(21-16)14-6-2-1-3-7-14/h1-3,5-7,9,11-12,15H,4,8,10,13,20H2. The Kier molecular flexibility index (Phi) is 4.38. The van der Waals surface area contributed by atoms with E-state index in [1.165, 1.54) is 0 Å². The SMILES string of the molecule is NCC1CCCN1C(=O)c1cc(-c2cccs2)n(-c2ccccc2)n1. The summed E-state index contributed by atoms with van der Waals surface area (Å²) in [6, 6.07) is 16.0. The number of thiophene rings is 1. The Balaban J connectivity index is 1.76. The molecule has 1 aliphatic heterocycles. The van der Waals surface area contributed by atoms with Crippen molar-refractivity contribution in [3.8, 4) is 16.3 Å². The first kappa shape index (κ1) is 16.1. The van der Waals surface area contributed by atoms with Gasteiger partial charge < -0.3 is 10.6 Å². The van der Waals surface area contributed by atoms with Crippen molar-refractivity contribution < 1.29 is 4.79 Å². The average Bonchev–Trinajstić information content (AvgIpc) is 3.41. The Bertz CT molecular complexity index is 857. The van der Waals surface area contributed by atoms with Crippen molar-refractivity contribution in [1.29, 1.82) is 0 Å². The maximum atomic E-state index is 13.0. The molecule has 1 saturated heterocycles. The van der Waals surface area contributed by atoms with Gasteiger partial charge in [0.15, 0.2) is 5.69 Å². The van der Waals surface area contributed by atoms with Crippen LogP contribution in [-0.2, 0) is 0 Å². The van der Waals surface area contributed by atoms with E-state index in [1.807, 2.05) is 63.5 Å².